The summed E-state index contributed by atoms with van der Waals surface area (Å²) >= 11 is 3.46. The summed E-state index contributed by atoms with van der Waals surface area (Å²) in [4.78, 5) is 14.4. The standard InChI is InChI=1S/C22H26BrFN2O2/c1-2-17-13-18(23)5-8-20(17)28-15-21(27)26-11-9-22(25,10-12-26)14-16-3-6-19(24)7-4-16/h3-8,13H,2,9-12,14-15,25H2,1H3. The summed E-state index contributed by atoms with van der Waals surface area (Å²) in [7, 11) is 0. The zero-order valence-electron chi connectivity index (χ0n) is 16.1. The van der Waals surface area contributed by atoms with Crippen molar-refractivity contribution in [2.75, 3.05) is 19.7 Å². The fourth-order valence-corrected chi connectivity index (χ4v) is 3.99. The Balaban J connectivity index is 1.51. The summed E-state index contributed by atoms with van der Waals surface area (Å²) in [5, 5.41) is 0. The number of likely N-dealkylation sites (tertiary alicyclic amines) is 1. The smallest absolute Gasteiger partial charge is 0.260 e. The minimum Gasteiger partial charge on any atom is -0.483 e. The van der Waals surface area contributed by atoms with Gasteiger partial charge in [0.15, 0.2) is 6.61 Å². The zero-order chi connectivity index (χ0) is 20.1. The second-order valence-corrected chi connectivity index (χ2v) is 8.36. The zero-order valence-corrected chi connectivity index (χ0v) is 17.7. The van der Waals surface area contributed by atoms with Crippen molar-refractivity contribution in [2.45, 2.75) is 38.1 Å². The third kappa shape index (κ3) is 5.32. The molecule has 28 heavy (non-hydrogen) atoms. The molecule has 0 radical (unpaired) electrons. The van der Waals surface area contributed by atoms with Gasteiger partial charge in [-0.05, 0) is 67.1 Å². The number of carbonyl (C=O) groups is 1. The quantitative estimate of drug-likeness (QED) is 0.723. The second kappa shape index (κ2) is 9.05. The molecule has 1 fully saturated rings. The SMILES string of the molecule is CCc1cc(Br)ccc1OCC(=O)N1CCC(N)(Cc2ccc(F)cc2)CC1. The number of hydrogen-bond donors (Lipinski definition) is 1. The van der Waals surface area contributed by atoms with Crippen molar-refractivity contribution in [2.24, 2.45) is 5.73 Å². The van der Waals surface area contributed by atoms with E-state index >= 15 is 0 Å². The molecule has 1 heterocycles. The first kappa shape index (κ1) is 20.8. The van der Waals surface area contributed by atoms with Crippen molar-refractivity contribution in [3.8, 4) is 5.75 Å². The highest BCUT2D eigenvalue weighted by Gasteiger charge is 2.32. The molecule has 1 aliphatic rings. The Morgan fingerprint density at radius 1 is 1.21 bits per heavy atom. The molecule has 0 bridgehead atoms. The Bertz CT molecular complexity index is 818. The van der Waals surface area contributed by atoms with Gasteiger partial charge in [-0.1, -0.05) is 35.0 Å². The van der Waals surface area contributed by atoms with E-state index < -0.39 is 0 Å². The van der Waals surface area contributed by atoms with Gasteiger partial charge in [-0.3, -0.25) is 4.79 Å². The van der Waals surface area contributed by atoms with Crippen molar-refractivity contribution in [3.63, 3.8) is 0 Å². The Kier molecular flexibility index (Phi) is 6.73. The first-order valence-electron chi connectivity index (χ1n) is 9.61. The van der Waals surface area contributed by atoms with E-state index in [4.69, 9.17) is 10.5 Å². The molecule has 4 nitrogen and oxygen atoms in total. The molecular formula is C22H26BrFN2O2. The van der Waals surface area contributed by atoms with E-state index in [-0.39, 0.29) is 23.9 Å². The predicted molar refractivity (Wildman–Crippen MR) is 112 cm³/mol. The van der Waals surface area contributed by atoms with Crippen LogP contribution < -0.4 is 10.5 Å². The van der Waals surface area contributed by atoms with Crippen molar-refractivity contribution in [1.29, 1.82) is 0 Å². The molecule has 2 aromatic rings. The van der Waals surface area contributed by atoms with Gasteiger partial charge in [-0.2, -0.15) is 0 Å². The van der Waals surface area contributed by atoms with Gasteiger partial charge in [0.05, 0.1) is 0 Å². The van der Waals surface area contributed by atoms with Crippen LogP contribution in [0.25, 0.3) is 0 Å². The molecule has 2 N–H and O–H groups in total. The van der Waals surface area contributed by atoms with E-state index in [1.165, 1.54) is 12.1 Å². The van der Waals surface area contributed by atoms with E-state index in [1.54, 1.807) is 12.1 Å². The third-order valence-corrected chi connectivity index (χ3v) is 5.83. The van der Waals surface area contributed by atoms with Crippen LogP contribution in [0.2, 0.25) is 0 Å². The minimum absolute atomic E-state index is 0.0196. The van der Waals surface area contributed by atoms with E-state index in [0.717, 1.165) is 27.8 Å². The normalized spacial score (nSPS) is 16.1. The number of nitrogens with two attached hydrogens (primary N) is 1. The van der Waals surface area contributed by atoms with Crippen LogP contribution in [0, 0.1) is 5.82 Å². The molecule has 1 aliphatic heterocycles. The molecule has 6 heteroatoms. The number of rotatable bonds is 6. The summed E-state index contributed by atoms with van der Waals surface area (Å²) in [5.74, 6) is 0.488. The van der Waals surface area contributed by atoms with Crippen LogP contribution in [-0.4, -0.2) is 36.0 Å². The van der Waals surface area contributed by atoms with Gasteiger partial charge in [-0.25, -0.2) is 4.39 Å². The summed E-state index contributed by atoms with van der Waals surface area (Å²) in [5.41, 5.74) is 8.27. The van der Waals surface area contributed by atoms with Crippen molar-refractivity contribution in [1.82, 2.24) is 4.90 Å². The highest BCUT2D eigenvalue weighted by atomic mass is 79.9. The van der Waals surface area contributed by atoms with Gasteiger partial charge >= 0.3 is 0 Å². The average molecular weight is 449 g/mol. The molecule has 1 saturated heterocycles. The molecule has 0 saturated carbocycles. The molecule has 1 amide bonds. The largest absolute Gasteiger partial charge is 0.483 e. The van der Waals surface area contributed by atoms with Gasteiger partial charge in [0.25, 0.3) is 5.91 Å². The summed E-state index contributed by atoms with van der Waals surface area (Å²) in [6, 6.07) is 12.3. The molecule has 0 atom stereocenters. The van der Waals surface area contributed by atoms with Crippen LogP contribution in [0.3, 0.4) is 0 Å². The lowest BCUT2D eigenvalue weighted by atomic mass is 9.83. The van der Waals surface area contributed by atoms with Gasteiger partial charge < -0.3 is 15.4 Å². The number of nitrogens with zero attached hydrogens (tertiary/aromatic N) is 1. The van der Waals surface area contributed by atoms with Gasteiger partial charge in [0, 0.05) is 23.1 Å². The van der Waals surface area contributed by atoms with Gasteiger partial charge in [0.1, 0.15) is 11.6 Å². The van der Waals surface area contributed by atoms with Gasteiger partial charge in [-0.15, -0.1) is 0 Å². The number of ether oxygens (including phenoxy) is 1. The van der Waals surface area contributed by atoms with Crippen molar-refractivity contribution >= 4 is 21.8 Å². The first-order valence-corrected chi connectivity index (χ1v) is 10.4. The molecule has 0 aromatic heterocycles. The topological polar surface area (TPSA) is 55.6 Å². The Morgan fingerprint density at radius 3 is 2.54 bits per heavy atom. The number of piperidine rings is 1. The molecule has 0 aliphatic carbocycles. The Hall–Kier alpha value is -1.92. The maximum absolute atomic E-state index is 13.1. The van der Waals surface area contributed by atoms with Crippen LogP contribution in [0.5, 0.6) is 5.75 Å². The molecule has 0 spiro atoms. The number of hydrogen-bond acceptors (Lipinski definition) is 3. The lowest BCUT2D eigenvalue weighted by Crippen LogP contribution is -2.53. The molecule has 3 rings (SSSR count). The van der Waals surface area contributed by atoms with Gasteiger partial charge in [0.2, 0.25) is 0 Å². The summed E-state index contributed by atoms with van der Waals surface area (Å²) in [6.45, 7) is 3.31. The number of halogens is 2. The number of benzene rings is 2. The minimum atomic E-state index is -0.365. The summed E-state index contributed by atoms with van der Waals surface area (Å²) in [6.07, 6.45) is 2.96. The lowest BCUT2D eigenvalue weighted by Gasteiger charge is -2.39. The monoisotopic (exact) mass is 448 g/mol. The highest BCUT2D eigenvalue weighted by Crippen LogP contribution is 2.26. The van der Waals surface area contributed by atoms with Crippen LogP contribution in [0.4, 0.5) is 4.39 Å². The fourth-order valence-electron chi connectivity index (χ4n) is 3.58. The number of carbonyl (C=O) groups excluding carboxylic acids is 1. The van der Waals surface area contributed by atoms with Crippen LogP contribution in [0.1, 0.15) is 30.9 Å². The third-order valence-electron chi connectivity index (χ3n) is 5.34. The van der Waals surface area contributed by atoms with Crippen LogP contribution in [0.15, 0.2) is 46.9 Å². The maximum Gasteiger partial charge on any atom is 0.260 e. The highest BCUT2D eigenvalue weighted by molar-refractivity contribution is 9.10. The molecule has 0 unspecified atom stereocenters. The Morgan fingerprint density at radius 2 is 1.89 bits per heavy atom. The Labute approximate surface area is 174 Å². The van der Waals surface area contributed by atoms with E-state index in [9.17, 15) is 9.18 Å². The second-order valence-electron chi connectivity index (χ2n) is 7.44. The van der Waals surface area contributed by atoms with Crippen LogP contribution >= 0.6 is 15.9 Å². The van der Waals surface area contributed by atoms with Crippen LogP contribution in [-0.2, 0) is 17.6 Å². The first-order chi connectivity index (χ1) is 13.4. The van der Waals surface area contributed by atoms with Crippen molar-refractivity contribution in [3.05, 3.63) is 63.9 Å². The van der Waals surface area contributed by atoms with E-state index in [0.29, 0.717) is 32.4 Å². The maximum atomic E-state index is 13.1. The van der Waals surface area contributed by atoms with E-state index in [2.05, 4.69) is 22.9 Å². The summed E-state index contributed by atoms with van der Waals surface area (Å²) < 4.78 is 19.9. The molecule has 2 aromatic carbocycles. The molecular weight excluding hydrogens is 423 g/mol. The predicted octanol–water partition coefficient (Wildman–Crippen LogP) is 4.09. The van der Waals surface area contributed by atoms with Crippen molar-refractivity contribution < 1.29 is 13.9 Å². The number of amides is 1. The number of aryl methyl sites for hydroxylation is 1. The lowest BCUT2D eigenvalue weighted by molar-refractivity contribution is -0.134. The fraction of sp³-hybridized carbons (Fsp3) is 0.409. The molecule has 150 valence electrons. The van der Waals surface area contributed by atoms with E-state index in [1.807, 2.05) is 23.1 Å². The average Bonchev–Trinajstić information content (AvgIpc) is 2.69.